The lowest BCUT2D eigenvalue weighted by Crippen LogP contribution is -2.15. The number of oxime groups is 1. The summed E-state index contributed by atoms with van der Waals surface area (Å²) in [6.07, 6.45) is 1.67. The Hall–Kier alpha value is -2.10. The third kappa shape index (κ3) is 1.48. The number of hydrogen-bond donors (Lipinski definition) is 2. The SMILES string of the molecule is Cc1ccc(C)c2c(/C(N)=N/O)nccc12. The maximum atomic E-state index is 8.73. The molecule has 1 heterocycles. The molecule has 16 heavy (non-hydrogen) atoms. The summed E-state index contributed by atoms with van der Waals surface area (Å²) in [5.74, 6) is 0.0410. The quantitative estimate of drug-likeness (QED) is 0.330. The van der Waals surface area contributed by atoms with Crippen LogP contribution >= 0.6 is 0 Å². The van der Waals surface area contributed by atoms with Crippen LogP contribution in [0.1, 0.15) is 16.8 Å². The summed E-state index contributed by atoms with van der Waals surface area (Å²) in [7, 11) is 0. The van der Waals surface area contributed by atoms with Gasteiger partial charge in [-0.25, -0.2) is 0 Å². The van der Waals surface area contributed by atoms with Crippen molar-refractivity contribution in [2.75, 3.05) is 0 Å². The highest BCUT2D eigenvalue weighted by Crippen LogP contribution is 2.23. The van der Waals surface area contributed by atoms with E-state index >= 15 is 0 Å². The van der Waals surface area contributed by atoms with Crippen molar-refractivity contribution < 1.29 is 5.21 Å². The van der Waals surface area contributed by atoms with Gasteiger partial charge in [-0.1, -0.05) is 17.3 Å². The predicted octanol–water partition coefficient (Wildman–Crippen LogP) is 1.95. The topological polar surface area (TPSA) is 71.5 Å². The minimum Gasteiger partial charge on any atom is -0.409 e. The molecule has 0 aliphatic rings. The fourth-order valence-electron chi connectivity index (χ4n) is 1.85. The second kappa shape index (κ2) is 3.81. The van der Waals surface area contributed by atoms with Crippen LogP contribution in [0.5, 0.6) is 0 Å². The van der Waals surface area contributed by atoms with Gasteiger partial charge < -0.3 is 10.9 Å². The fourth-order valence-corrected chi connectivity index (χ4v) is 1.85. The van der Waals surface area contributed by atoms with E-state index < -0.39 is 0 Å². The van der Waals surface area contributed by atoms with Crippen LogP contribution in [0.4, 0.5) is 0 Å². The molecule has 0 bridgehead atoms. The molecule has 0 spiro atoms. The van der Waals surface area contributed by atoms with Crippen LogP contribution in [0, 0.1) is 13.8 Å². The van der Waals surface area contributed by atoms with Gasteiger partial charge >= 0.3 is 0 Å². The largest absolute Gasteiger partial charge is 0.409 e. The molecule has 0 saturated carbocycles. The van der Waals surface area contributed by atoms with Gasteiger partial charge in [-0.15, -0.1) is 0 Å². The highest BCUT2D eigenvalue weighted by Gasteiger charge is 2.10. The highest BCUT2D eigenvalue weighted by molar-refractivity contribution is 6.08. The zero-order chi connectivity index (χ0) is 11.7. The number of aromatic nitrogens is 1. The Balaban J connectivity index is 2.92. The van der Waals surface area contributed by atoms with Crippen molar-refractivity contribution in [3.8, 4) is 0 Å². The summed E-state index contributed by atoms with van der Waals surface area (Å²) in [6, 6.07) is 5.99. The molecule has 3 N–H and O–H groups in total. The molecule has 0 fully saturated rings. The van der Waals surface area contributed by atoms with Crippen LogP contribution in [0.3, 0.4) is 0 Å². The fraction of sp³-hybridized carbons (Fsp3) is 0.167. The number of aryl methyl sites for hydroxylation is 2. The summed E-state index contributed by atoms with van der Waals surface area (Å²) < 4.78 is 0. The molecule has 4 nitrogen and oxygen atoms in total. The van der Waals surface area contributed by atoms with Crippen molar-refractivity contribution >= 4 is 16.6 Å². The summed E-state index contributed by atoms with van der Waals surface area (Å²) in [5, 5.41) is 13.8. The third-order valence-electron chi connectivity index (χ3n) is 2.70. The Labute approximate surface area is 93.4 Å². The Morgan fingerprint density at radius 2 is 1.94 bits per heavy atom. The predicted molar refractivity (Wildman–Crippen MR) is 63.7 cm³/mol. The van der Waals surface area contributed by atoms with Gasteiger partial charge in [-0.2, -0.15) is 0 Å². The van der Waals surface area contributed by atoms with Crippen molar-refractivity contribution in [1.29, 1.82) is 0 Å². The van der Waals surface area contributed by atoms with E-state index in [9.17, 15) is 0 Å². The molecule has 0 saturated heterocycles. The minimum atomic E-state index is 0.0410. The van der Waals surface area contributed by atoms with Crippen LogP contribution in [-0.4, -0.2) is 16.0 Å². The van der Waals surface area contributed by atoms with E-state index in [4.69, 9.17) is 10.9 Å². The van der Waals surface area contributed by atoms with E-state index in [0.29, 0.717) is 5.69 Å². The standard InChI is InChI=1S/C12H13N3O/c1-7-3-4-8(2)10-9(7)5-6-14-11(10)12(13)15-16/h3-6,16H,1-2H3,(H2,13,15). The number of fused-ring (bicyclic) bond motifs is 1. The first-order valence-electron chi connectivity index (χ1n) is 4.98. The summed E-state index contributed by atoms with van der Waals surface area (Å²) in [4.78, 5) is 4.16. The second-order valence-corrected chi connectivity index (χ2v) is 3.77. The van der Waals surface area contributed by atoms with Crippen LogP contribution in [-0.2, 0) is 0 Å². The molecular formula is C12H13N3O. The first kappa shape index (κ1) is 10.4. The maximum absolute atomic E-state index is 8.73. The van der Waals surface area contributed by atoms with E-state index in [1.807, 2.05) is 32.0 Å². The van der Waals surface area contributed by atoms with Gasteiger partial charge in [0.1, 0.15) is 5.69 Å². The van der Waals surface area contributed by atoms with E-state index in [2.05, 4.69) is 10.1 Å². The van der Waals surface area contributed by atoms with Gasteiger partial charge in [-0.05, 0) is 36.4 Å². The Bertz CT molecular complexity index is 576. The number of amidine groups is 1. The second-order valence-electron chi connectivity index (χ2n) is 3.77. The van der Waals surface area contributed by atoms with Gasteiger partial charge in [0.25, 0.3) is 0 Å². The molecular weight excluding hydrogens is 202 g/mol. The van der Waals surface area contributed by atoms with Crippen molar-refractivity contribution in [3.05, 3.63) is 41.2 Å². The number of pyridine rings is 1. The Morgan fingerprint density at radius 1 is 1.25 bits per heavy atom. The lowest BCUT2D eigenvalue weighted by molar-refractivity contribution is 0.318. The van der Waals surface area contributed by atoms with E-state index in [-0.39, 0.29) is 5.84 Å². The van der Waals surface area contributed by atoms with Gasteiger partial charge in [0.05, 0.1) is 0 Å². The average Bonchev–Trinajstić information content (AvgIpc) is 2.32. The molecule has 82 valence electrons. The highest BCUT2D eigenvalue weighted by atomic mass is 16.4. The molecule has 2 rings (SSSR count). The lowest BCUT2D eigenvalue weighted by Gasteiger charge is -2.09. The van der Waals surface area contributed by atoms with Gasteiger partial charge in [-0.3, -0.25) is 4.98 Å². The van der Waals surface area contributed by atoms with E-state index in [1.54, 1.807) is 6.20 Å². The van der Waals surface area contributed by atoms with Crippen molar-refractivity contribution in [3.63, 3.8) is 0 Å². The van der Waals surface area contributed by atoms with Gasteiger partial charge in [0, 0.05) is 11.6 Å². The number of hydrogen-bond acceptors (Lipinski definition) is 3. The molecule has 0 unspecified atom stereocenters. The third-order valence-corrected chi connectivity index (χ3v) is 2.70. The molecule has 2 aromatic rings. The summed E-state index contributed by atoms with van der Waals surface area (Å²) in [5.41, 5.74) is 8.36. The molecule has 4 heteroatoms. The van der Waals surface area contributed by atoms with Gasteiger partial charge in [0.15, 0.2) is 5.84 Å². The normalized spacial score (nSPS) is 12.0. The zero-order valence-corrected chi connectivity index (χ0v) is 9.23. The summed E-state index contributed by atoms with van der Waals surface area (Å²) in [6.45, 7) is 4.01. The molecule has 0 radical (unpaired) electrons. The molecule has 1 aromatic heterocycles. The van der Waals surface area contributed by atoms with Crippen molar-refractivity contribution in [2.45, 2.75) is 13.8 Å². The van der Waals surface area contributed by atoms with Gasteiger partial charge in [0.2, 0.25) is 0 Å². The first-order chi connectivity index (χ1) is 7.65. The van der Waals surface area contributed by atoms with Crippen LogP contribution in [0.25, 0.3) is 10.8 Å². The molecule has 1 aromatic carbocycles. The van der Waals surface area contributed by atoms with Crippen molar-refractivity contribution in [1.82, 2.24) is 4.98 Å². The number of nitrogens with two attached hydrogens (primary N) is 1. The molecule has 0 amide bonds. The zero-order valence-electron chi connectivity index (χ0n) is 9.23. The molecule has 0 aliphatic carbocycles. The van der Waals surface area contributed by atoms with E-state index in [0.717, 1.165) is 21.9 Å². The number of rotatable bonds is 1. The Morgan fingerprint density at radius 3 is 2.62 bits per heavy atom. The first-order valence-corrected chi connectivity index (χ1v) is 4.98. The Kier molecular flexibility index (Phi) is 2.48. The smallest absolute Gasteiger partial charge is 0.189 e. The monoisotopic (exact) mass is 215 g/mol. The van der Waals surface area contributed by atoms with Crippen LogP contribution in [0.2, 0.25) is 0 Å². The maximum Gasteiger partial charge on any atom is 0.189 e. The van der Waals surface area contributed by atoms with E-state index in [1.165, 1.54) is 0 Å². The lowest BCUT2D eigenvalue weighted by atomic mass is 10.00. The van der Waals surface area contributed by atoms with Crippen LogP contribution in [0.15, 0.2) is 29.6 Å². The van der Waals surface area contributed by atoms with Crippen molar-refractivity contribution in [2.24, 2.45) is 10.9 Å². The molecule has 0 aliphatic heterocycles. The summed E-state index contributed by atoms with van der Waals surface area (Å²) >= 11 is 0. The number of benzene rings is 1. The van der Waals surface area contributed by atoms with Crippen LogP contribution < -0.4 is 5.73 Å². The minimum absolute atomic E-state index is 0.0410. The molecule has 0 atom stereocenters. The average molecular weight is 215 g/mol. The number of nitrogens with zero attached hydrogens (tertiary/aromatic N) is 2.